The molecule has 0 aromatic carbocycles. The maximum atomic E-state index is 11.4. The average molecular weight is 252 g/mol. The lowest BCUT2D eigenvalue weighted by molar-refractivity contribution is -0.120. The number of hydrogen-bond donors (Lipinski definition) is 2. The number of nitrogens with two attached hydrogens (primary N) is 1. The first-order valence-corrected chi connectivity index (χ1v) is 7.24. The molecule has 5 heteroatoms. The molecule has 0 bridgehead atoms. The van der Waals surface area contributed by atoms with Crippen LogP contribution in [0.4, 0.5) is 0 Å². The Bertz CT molecular complexity index is 306. The summed E-state index contributed by atoms with van der Waals surface area (Å²) in [7, 11) is 0. The topological polar surface area (TPSA) is 61.6 Å². The largest absolute Gasteiger partial charge is 0.368 e. The molecule has 2 saturated carbocycles. The highest BCUT2D eigenvalue weighted by Crippen LogP contribution is 2.27. The first kappa shape index (κ1) is 12.4. The predicted octanol–water partition coefficient (Wildman–Crippen LogP) is -0.628. The maximum absolute atomic E-state index is 11.4. The summed E-state index contributed by atoms with van der Waals surface area (Å²) >= 11 is 0. The molecule has 1 saturated heterocycles. The van der Waals surface area contributed by atoms with Crippen LogP contribution >= 0.6 is 0 Å². The molecule has 102 valence electrons. The smallest absolute Gasteiger partial charge is 0.235 e. The van der Waals surface area contributed by atoms with Crippen molar-refractivity contribution in [1.29, 1.82) is 0 Å². The van der Waals surface area contributed by atoms with Crippen molar-refractivity contribution in [3.8, 4) is 0 Å². The molecule has 3 rings (SSSR count). The minimum atomic E-state index is -0.202. The molecule has 1 unspecified atom stereocenters. The molecule has 3 N–H and O–H groups in total. The minimum absolute atomic E-state index is 0.162. The van der Waals surface area contributed by atoms with Crippen LogP contribution in [0.3, 0.4) is 0 Å². The van der Waals surface area contributed by atoms with Crippen molar-refractivity contribution < 1.29 is 4.79 Å². The molecular formula is C13H24N4O. The van der Waals surface area contributed by atoms with E-state index in [1.54, 1.807) is 0 Å². The fourth-order valence-electron chi connectivity index (χ4n) is 2.77. The van der Waals surface area contributed by atoms with Crippen molar-refractivity contribution in [2.45, 2.75) is 43.8 Å². The van der Waals surface area contributed by atoms with E-state index in [2.05, 4.69) is 15.1 Å². The summed E-state index contributed by atoms with van der Waals surface area (Å²) in [5.41, 5.74) is 5.48. The number of hydrogen-bond acceptors (Lipinski definition) is 4. The SMILES string of the molecule is NC(=O)C(CN1CCN(C2CC2)CC1)NC1CC1. The van der Waals surface area contributed by atoms with Gasteiger partial charge in [-0.05, 0) is 25.7 Å². The molecule has 0 aromatic heterocycles. The van der Waals surface area contributed by atoms with E-state index in [9.17, 15) is 4.79 Å². The zero-order chi connectivity index (χ0) is 12.5. The van der Waals surface area contributed by atoms with Crippen molar-refractivity contribution in [3.63, 3.8) is 0 Å². The molecule has 0 radical (unpaired) electrons. The maximum Gasteiger partial charge on any atom is 0.235 e. The second-order valence-corrected chi connectivity index (χ2v) is 5.96. The van der Waals surface area contributed by atoms with E-state index in [-0.39, 0.29) is 11.9 Å². The van der Waals surface area contributed by atoms with Gasteiger partial charge in [-0.1, -0.05) is 0 Å². The van der Waals surface area contributed by atoms with Crippen LogP contribution in [0.2, 0.25) is 0 Å². The van der Waals surface area contributed by atoms with Gasteiger partial charge in [0.2, 0.25) is 5.91 Å². The number of carbonyl (C=O) groups is 1. The van der Waals surface area contributed by atoms with Crippen molar-refractivity contribution in [1.82, 2.24) is 15.1 Å². The molecule has 0 spiro atoms. The average Bonchev–Trinajstić information content (AvgIpc) is 3.23. The Kier molecular flexibility index (Phi) is 3.54. The van der Waals surface area contributed by atoms with Crippen LogP contribution in [0.15, 0.2) is 0 Å². The van der Waals surface area contributed by atoms with E-state index in [1.165, 1.54) is 25.7 Å². The van der Waals surface area contributed by atoms with Crippen LogP contribution in [-0.2, 0) is 4.79 Å². The highest BCUT2D eigenvalue weighted by atomic mass is 16.1. The van der Waals surface area contributed by atoms with Gasteiger partial charge in [0.15, 0.2) is 0 Å². The number of rotatable bonds is 6. The summed E-state index contributed by atoms with van der Waals surface area (Å²) in [5.74, 6) is -0.202. The molecule has 2 aliphatic carbocycles. The van der Waals surface area contributed by atoms with Gasteiger partial charge in [0.25, 0.3) is 0 Å². The molecule has 1 heterocycles. The van der Waals surface area contributed by atoms with Crippen molar-refractivity contribution in [2.75, 3.05) is 32.7 Å². The van der Waals surface area contributed by atoms with Gasteiger partial charge in [0.1, 0.15) is 0 Å². The lowest BCUT2D eigenvalue weighted by atomic mass is 10.2. The van der Waals surface area contributed by atoms with Gasteiger partial charge in [0, 0.05) is 44.8 Å². The van der Waals surface area contributed by atoms with Gasteiger partial charge >= 0.3 is 0 Å². The van der Waals surface area contributed by atoms with Gasteiger partial charge in [-0.25, -0.2) is 0 Å². The summed E-state index contributed by atoms with van der Waals surface area (Å²) in [4.78, 5) is 16.4. The molecule has 0 aromatic rings. The lowest BCUT2D eigenvalue weighted by Crippen LogP contribution is -2.54. The van der Waals surface area contributed by atoms with Gasteiger partial charge < -0.3 is 11.1 Å². The van der Waals surface area contributed by atoms with E-state index in [0.717, 1.165) is 38.8 Å². The second-order valence-electron chi connectivity index (χ2n) is 5.96. The number of amides is 1. The third-order valence-electron chi connectivity index (χ3n) is 4.27. The zero-order valence-electron chi connectivity index (χ0n) is 11.0. The molecule has 1 aliphatic heterocycles. The first-order chi connectivity index (χ1) is 8.72. The number of nitrogens with zero attached hydrogens (tertiary/aromatic N) is 2. The summed E-state index contributed by atoms with van der Waals surface area (Å²) in [5, 5.41) is 3.35. The number of primary amides is 1. The molecule has 18 heavy (non-hydrogen) atoms. The number of piperazine rings is 1. The van der Waals surface area contributed by atoms with Crippen LogP contribution in [-0.4, -0.2) is 66.6 Å². The van der Waals surface area contributed by atoms with Crippen LogP contribution in [0, 0.1) is 0 Å². The number of carbonyl (C=O) groups excluding carboxylic acids is 1. The standard InChI is InChI=1S/C13H24N4O/c14-13(18)12(15-10-1-2-10)9-16-5-7-17(8-6-16)11-3-4-11/h10-12,15H,1-9H2,(H2,14,18). The third-order valence-corrected chi connectivity index (χ3v) is 4.27. The van der Waals surface area contributed by atoms with Gasteiger partial charge in [-0.2, -0.15) is 0 Å². The van der Waals surface area contributed by atoms with Crippen molar-refractivity contribution >= 4 is 5.91 Å². The van der Waals surface area contributed by atoms with Gasteiger partial charge in [-0.3, -0.25) is 14.6 Å². The Labute approximate surface area is 109 Å². The summed E-state index contributed by atoms with van der Waals surface area (Å²) in [6.45, 7) is 5.24. The highest BCUT2D eigenvalue weighted by Gasteiger charge is 2.33. The molecule has 3 aliphatic rings. The third kappa shape index (κ3) is 3.22. The Balaban J connectivity index is 1.44. The lowest BCUT2D eigenvalue weighted by Gasteiger charge is -2.36. The van der Waals surface area contributed by atoms with Crippen LogP contribution in [0.25, 0.3) is 0 Å². The van der Waals surface area contributed by atoms with Crippen LogP contribution in [0.5, 0.6) is 0 Å². The molecular weight excluding hydrogens is 228 g/mol. The van der Waals surface area contributed by atoms with Gasteiger partial charge in [-0.15, -0.1) is 0 Å². The Morgan fingerprint density at radius 3 is 2.33 bits per heavy atom. The molecule has 3 fully saturated rings. The fourth-order valence-corrected chi connectivity index (χ4v) is 2.77. The van der Waals surface area contributed by atoms with Crippen LogP contribution in [0.1, 0.15) is 25.7 Å². The van der Waals surface area contributed by atoms with E-state index in [0.29, 0.717) is 6.04 Å². The molecule has 5 nitrogen and oxygen atoms in total. The summed E-state index contributed by atoms with van der Waals surface area (Å²) in [6, 6.07) is 1.24. The Hall–Kier alpha value is -0.650. The van der Waals surface area contributed by atoms with E-state index in [4.69, 9.17) is 5.73 Å². The van der Waals surface area contributed by atoms with E-state index >= 15 is 0 Å². The monoisotopic (exact) mass is 252 g/mol. The molecule has 1 atom stereocenters. The Morgan fingerprint density at radius 2 is 1.83 bits per heavy atom. The van der Waals surface area contributed by atoms with E-state index < -0.39 is 0 Å². The highest BCUT2D eigenvalue weighted by molar-refractivity contribution is 5.80. The fraction of sp³-hybridized carbons (Fsp3) is 0.923. The minimum Gasteiger partial charge on any atom is -0.368 e. The normalized spacial score (nSPS) is 28.2. The number of nitrogens with one attached hydrogen (secondary N) is 1. The van der Waals surface area contributed by atoms with Crippen molar-refractivity contribution in [2.24, 2.45) is 5.73 Å². The summed E-state index contributed by atoms with van der Waals surface area (Å²) < 4.78 is 0. The quantitative estimate of drug-likeness (QED) is 0.661. The second kappa shape index (κ2) is 5.15. The van der Waals surface area contributed by atoms with Gasteiger partial charge in [0.05, 0.1) is 6.04 Å². The predicted molar refractivity (Wildman–Crippen MR) is 70.2 cm³/mol. The zero-order valence-corrected chi connectivity index (χ0v) is 11.0. The van der Waals surface area contributed by atoms with E-state index in [1.807, 2.05) is 0 Å². The van der Waals surface area contributed by atoms with Crippen LogP contribution < -0.4 is 11.1 Å². The Morgan fingerprint density at radius 1 is 1.17 bits per heavy atom. The summed E-state index contributed by atoms with van der Waals surface area (Å²) in [6.07, 6.45) is 5.15. The molecule has 1 amide bonds. The first-order valence-electron chi connectivity index (χ1n) is 7.24. The van der Waals surface area contributed by atoms with Crippen molar-refractivity contribution in [3.05, 3.63) is 0 Å².